The lowest BCUT2D eigenvalue weighted by atomic mass is 9.97. The fraction of sp³-hybridized carbons (Fsp3) is 0. The van der Waals surface area contributed by atoms with Crippen molar-refractivity contribution in [3.63, 3.8) is 0 Å². The maximum absolute atomic E-state index is 2.42. The molecule has 0 spiro atoms. The summed E-state index contributed by atoms with van der Waals surface area (Å²) in [4.78, 5) is 2.40. The van der Waals surface area contributed by atoms with Crippen molar-refractivity contribution in [2.24, 2.45) is 0 Å². The van der Waals surface area contributed by atoms with Gasteiger partial charge in [-0.15, -0.1) is 11.3 Å². The van der Waals surface area contributed by atoms with E-state index in [1.54, 1.807) is 0 Å². The normalized spacial score (nSPS) is 11.5. The monoisotopic (exact) mass is 820 g/mol. The van der Waals surface area contributed by atoms with Gasteiger partial charge in [-0.3, -0.25) is 0 Å². The largest absolute Gasteiger partial charge is 0.310 e. The third kappa shape index (κ3) is 6.58. The molecule has 0 saturated carbocycles. The van der Waals surface area contributed by atoms with Crippen molar-refractivity contribution in [3.8, 4) is 50.2 Å². The SMILES string of the molecule is c1ccc(-c2ccc(-c3cccc(N(c4ccc(-c5cccc(-c6ccccc6-n6c7ccccc7c7ccccc76)c5)cc4)c4ccc5c(c4)sc4ccccc45)c3)cc2)cc1. The Morgan fingerprint density at radius 2 is 0.778 bits per heavy atom. The first-order chi connectivity index (χ1) is 31.2. The van der Waals surface area contributed by atoms with Gasteiger partial charge in [0.05, 0.1) is 16.7 Å². The Hall–Kier alpha value is -7.98. The number of rotatable bonds is 8. The summed E-state index contributed by atoms with van der Waals surface area (Å²) in [6, 6.07) is 88.3. The first-order valence-corrected chi connectivity index (χ1v) is 22.3. The summed E-state index contributed by atoms with van der Waals surface area (Å²) >= 11 is 1.85. The first kappa shape index (κ1) is 36.8. The minimum Gasteiger partial charge on any atom is -0.310 e. The molecule has 3 heteroatoms. The van der Waals surface area contributed by atoms with Crippen molar-refractivity contribution in [1.82, 2.24) is 4.57 Å². The van der Waals surface area contributed by atoms with Gasteiger partial charge < -0.3 is 9.47 Å². The van der Waals surface area contributed by atoms with Crippen LogP contribution in [-0.2, 0) is 0 Å². The molecule has 0 fully saturated rings. The topological polar surface area (TPSA) is 8.17 Å². The second kappa shape index (κ2) is 15.5. The molecule has 12 rings (SSSR count). The summed E-state index contributed by atoms with van der Waals surface area (Å²) in [5, 5.41) is 5.12. The van der Waals surface area contributed by atoms with E-state index in [1.807, 2.05) is 11.3 Å². The highest BCUT2D eigenvalue weighted by molar-refractivity contribution is 7.25. The minimum atomic E-state index is 1.10. The Labute approximate surface area is 370 Å². The number of benzene rings is 10. The van der Waals surface area contributed by atoms with Gasteiger partial charge in [0, 0.05) is 53.6 Å². The van der Waals surface area contributed by atoms with Gasteiger partial charge in [-0.25, -0.2) is 0 Å². The van der Waals surface area contributed by atoms with E-state index >= 15 is 0 Å². The highest BCUT2D eigenvalue weighted by atomic mass is 32.1. The van der Waals surface area contributed by atoms with E-state index in [4.69, 9.17) is 0 Å². The summed E-state index contributed by atoms with van der Waals surface area (Å²) < 4.78 is 5.00. The highest BCUT2D eigenvalue weighted by Crippen LogP contribution is 2.43. The molecule has 0 aliphatic carbocycles. The number of hydrogen-bond donors (Lipinski definition) is 0. The number of nitrogens with zero attached hydrogens (tertiary/aromatic N) is 2. The van der Waals surface area contributed by atoms with Crippen LogP contribution in [0.4, 0.5) is 17.1 Å². The summed E-state index contributed by atoms with van der Waals surface area (Å²) in [7, 11) is 0. The van der Waals surface area contributed by atoms with Crippen molar-refractivity contribution in [2.75, 3.05) is 4.90 Å². The fourth-order valence-electron chi connectivity index (χ4n) is 9.38. The van der Waals surface area contributed by atoms with E-state index in [-0.39, 0.29) is 0 Å². The Balaban J connectivity index is 0.929. The average molecular weight is 821 g/mol. The van der Waals surface area contributed by atoms with Crippen molar-refractivity contribution in [1.29, 1.82) is 0 Å². The quantitative estimate of drug-likeness (QED) is 0.148. The van der Waals surface area contributed by atoms with Gasteiger partial charge in [-0.2, -0.15) is 0 Å². The van der Waals surface area contributed by atoms with Gasteiger partial charge in [0.2, 0.25) is 0 Å². The Morgan fingerprint density at radius 1 is 0.286 bits per heavy atom. The molecule has 0 saturated heterocycles. The molecule has 0 unspecified atom stereocenters. The van der Waals surface area contributed by atoms with Crippen LogP contribution in [0.1, 0.15) is 0 Å². The predicted molar refractivity (Wildman–Crippen MR) is 270 cm³/mol. The summed E-state index contributed by atoms with van der Waals surface area (Å²) in [5.74, 6) is 0. The number of fused-ring (bicyclic) bond motifs is 6. The van der Waals surface area contributed by atoms with Crippen LogP contribution in [0.2, 0.25) is 0 Å². The second-order valence-electron chi connectivity index (χ2n) is 16.1. The van der Waals surface area contributed by atoms with E-state index in [0.29, 0.717) is 0 Å². The van der Waals surface area contributed by atoms with E-state index in [2.05, 4.69) is 252 Å². The second-order valence-corrected chi connectivity index (χ2v) is 17.2. The maximum atomic E-state index is 2.42. The predicted octanol–water partition coefficient (Wildman–Crippen LogP) is 17.3. The van der Waals surface area contributed by atoms with E-state index < -0.39 is 0 Å². The lowest BCUT2D eigenvalue weighted by Gasteiger charge is -2.26. The maximum Gasteiger partial charge on any atom is 0.0541 e. The molecule has 12 aromatic rings. The Morgan fingerprint density at radius 3 is 1.52 bits per heavy atom. The third-order valence-corrected chi connectivity index (χ3v) is 13.5. The molecule has 0 aliphatic heterocycles. The first-order valence-electron chi connectivity index (χ1n) is 21.5. The molecule has 0 radical (unpaired) electrons. The van der Waals surface area contributed by atoms with Gasteiger partial charge in [0.15, 0.2) is 0 Å². The zero-order chi connectivity index (χ0) is 41.7. The van der Waals surface area contributed by atoms with Crippen LogP contribution in [0.5, 0.6) is 0 Å². The minimum absolute atomic E-state index is 1.10. The number of aromatic nitrogens is 1. The zero-order valence-electron chi connectivity index (χ0n) is 34.4. The highest BCUT2D eigenvalue weighted by Gasteiger charge is 2.18. The molecule has 0 amide bonds. The molecule has 2 aromatic heterocycles. The number of anilines is 3. The molecule has 0 atom stereocenters. The standard InChI is InChI=1S/C60H40N2S/c1-2-14-41(15-3-1)42-28-30-43(31-29-42)46-17-13-19-49(39-46)61(50-36-37-55-54-23-7-11-27-59(54)63-60(55)40-50)48-34-32-44(33-35-48)45-16-12-18-47(38-45)51-20-4-8-24-56(51)62-57-25-9-5-21-52(57)53-22-6-10-26-58(53)62/h1-40H. The van der Waals surface area contributed by atoms with Crippen molar-refractivity contribution < 1.29 is 0 Å². The molecule has 296 valence electrons. The molecule has 63 heavy (non-hydrogen) atoms. The lowest BCUT2D eigenvalue weighted by molar-refractivity contribution is 1.18. The van der Waals surface area contributed by atoms with Crippen LogP contribution in [0.15, 0.2) is 243 Å². The van der Waals surface area contributed by atoms with Gasteiger partial charge in [-0.05, 0) is 106 Å². The molecule has 0 N–H and O–H groups in total. The van der Waals surface area contributed by atoms with Crippen LogP contribution in [-0.4, -0.2) is 4.57 Å². The molecule has 0 bridgehead atoms. The molecule has 10 aromatic carbocycles. The van der Waals surface area contributed by atoms with E-state index in [9.17, 15) is 0 Å². The van der Waals surface area contributed by atoms with Crippen LogP contribution < -0.4 is 4.90 Å². The summed E-state index contributed by atoms with van der Waals surface area (Å²) in [6.07, 6.45) is 0. The van der Waals surface area contributed by atoms with Crippen molar-refractivity contribution in [2.45, 2.75) is 0 Å². The Kier molecular flexibility index (Phi) is 9.06. The van der Waals surface area contributed by atoms with Crippen molar-refractivity contribution in [3.05, 3.63) is 243 Å². The van der Waals surface area contributed by atoms with Gasteiger partial charge in [0.25, 0.3) is 0 Å². The van der Waals surface area contributed by atoms with Gasteiger partial charge >= 0.3 is 0 Å². The number of thiophene rings is 1. The van der Waals surface area contributed by atoms with Gasteiger partial charge in [-0.1, -0.05) is 176 Å². The number of hydrogen-bond acceptors (Lipinski definition) is 2. The summed E-state index contributed by atoms with van der Waals surface area (Å²) in [6.45, 7) is 0. The van der Waals surface area contributed by atoms with Crippen molar-refractivity contribution >= 4 is 70.4 Å². The molecular weight excluding hydrogens is 781 g/mol. The van der Waals surface area contributed by atoms with Gasteiger partial charge in [0.1, 0.15) is 0 Å². The van der Waals surface area contributed by atoms with Crippen LogP contribution in [0.25, 0.3) is 92.2 Å². The molecular formula is C60H40N2S. The fourth-order valence-corrected chi connectivity index (χ4v) is 10.5. The van der Waals surface area contributed by atoms with Crippen LogP contribution in [0, 0.1) is 0 Å². The van der Waals surface area contributed by atoms with E-state index in [0.717, 1.165) is 17.1 Å². The molecule has 0 aliphatic rings. The molecule has 2 heterocycles. The van der Waals surface area contributed by atoms with E-state index in [1.165, 1.54) is 92.2 Å². The van der Waals surface area contributed by atoms with Crippen LogP contribution >= 0.6 is 11.3 Å². The summed E-state index contributed by atoms with van der Waals surface area (Å²) in [5.41, 5.74) is 16.4. The Bertz CT molecular complexity index is 3560. The average Bonchev–Trinajstić information content (AvgIpc) is 3.90. The molecule has 2 nitrogen and oxygen atoms in total. The zero-order valence-corrected chi connectivity index (χ0v) is 35.2. The number of para-hydroxylation sites is 3. The third-order valence-electron chi connectivity index (χ3n) is 12.4. The smallest absolute Gasteiger partial charge is 0.0541 e. The van der Waals surface area contributed by atoms with Crippen LogP contribution in [0.3, 0.4) is 0 Å². The lowest BCUT2D eigenvalue weighted by Crippen LogP contribution is -2.09.